The molecule has 0 spiro atoms. The van der Waals surface area contributed by atoms with Crippen LogP contribution in [-0.2, 0) is 9.59 Å². The number of aldehydes is 1. The molecule has 5 atom stereocenters. The number of aliphatic hydroxyl groups is 1. The number of benzene rings is 1. The van der Waals surface area contributed by atoms with E-state index in [1.54, 1.807) is 18.2 Å². The Morgan fingerprint density at radius 3 is 2.81 bits per heavy atom. The molecule has 5 heteroatoms. The van der Waals surface area contributed by atoms with Crippen LogP contribution in [0.15, 0.2) is 24.3 Å². The Morgan fingerprint density at radius 2 is 2.14 bits per heavy atom. The van der Waals surface area contributed by atoms with Crippen LogP contribution in [0.1, 0.15) is 23.7 Å². The summed E-state index contributed by atoms with van der Waals surface area (Å²) in [5, 5.41) is 10.0. The van der Waals surface area contributed by atoms with Crippen molar-refractivity contribution >= 4 is 18.0 Å². The van der Waals surface area contributed by atoms with E-state index in [1.807, 2.05) is 0 Å². The standard InChI is InChI=1S/C16H16O5/c1-8(18)21-10-4-2-3-9(5-10)16(20)15-13(19)6-11-12(7-17)14(11)15/h2-5,7,11-15,19H,6H2,1H3. The molecule has 21 heavy (non-hydrogen) atoms. The molecule has 2 aliphatic carbocycles. The van der Waals surface area contributed by atoms with E-state index in [2.05, 4.69) is 0 Å². The predicted octanol–water partition coefficient (Wildman–Crippen LogP) is 1.24. The van der Waals surface area contributed by atoms with E-state index in [4.69, 9.17) is 4.74 Å². The van der Waals surface area contributed by atoms with Crippen LogP contribution < -0.4 is 4.74 Å². The molecule has 0 aromatic heterocycles. The van der Waals surface area contributed by atoms with E-state index in [9.17, 15) is 19.5 Å². The molecule has 1 aromatic carbocycles. The third-order valence-corrected chi connectivity index (χ3v) is 4.48. The monoisotopic (exact) mass is 288 g/mol. The summed E-state index contributed by atoms with van der Waals surface area (Å²) in [5.41, 5.74) is 0.398. The predicted molar refractivity (Wildman–Crippen MR) is 72.7 cm³/mol. The topological polar surface area (TPSA) is 80.7 Å². The fourth-order valence-corrected chi connectivity index (χ4v) is 3.54. The Bertz CT molecular complexity index is 608. The van der Waals surface area contributed by atoms with Crippen molar-refractivity contribution in [3.05, 3.63) is 29.8 Å². The minimum absolute atomic E-state index is 0.0395. The number of hydrogen-bond donors (Lipinski definition) is 1. The average molecular weight is 288 g/mol. The summed E-state index contributed by atoms with van der Waals surface area (Å²) in [6, 6.07) is 6.36. The molecule has 1 N–H and O–H groups in total. The summed E-state index contributed by atoms with van der Waals surface area (Å²) in [4.78, 5) is 34.5. The largest absolute Gasteiger partial charge is 0.427 e. The van der Waals surface area contributed by atoms with E-state index in [0.717, 1.165) is 6.29 Å². The Hall–Kier alpha value is -2.01. The van der Waals surface area contributed by atoms with Crippen LogP contribution in [0.5, 0.6) is 5.75 Å². The van der Waals surface area contributed by atoms with Crippen LogP contribution in [0.4, 0.5) is 0 Å². The van der Waals surface area contributed by atoms with E-state index >= 15 is 0 Å². The normalized spacial score (nSPS) is 33.1. The van der Waals surface area contributed by atoms with E-state index < -0.39 is 18.0 Å². The van der Waals surface area contributed by atoms with Gasteiger partial charge in [-0.2, -0.15) is 0 Å². The number of carbonyl (C=O) groups excluding carboxylic acids is 3. The van der Waals surface area contributed by atoms with Gasteiger partial charge in [-0.25, -0.2) is 0 Å². The summed E-state index contributed by atoms with van der Waals surface area (Å²) < 4.78 is 4.96. The van der Waals surface area contributed by atoms with Crippen molar-refractivity contribution in [3.8, 4) is 5.75 Å². The second-order valence-electron chi connectivity index (χ2n) is 5.77. The fourth-order valence-electron chi connectivity index (χ4n) is 3.54. The highest BCUT2D eigenvalue weighted by Crippen LogP contribution is 2.60. The Labute approximate surface area is 121 Å². The van der Waals surface area contributed by atoms with Gasteiger partial charge in [0, 0.05) is 18.4 Å². The number of ketones is 1. The molecule has 1 aromatic rings. The molecule has 2 saturated carbocycles. The molecule has 0 heterocycles. The van der Waals surface area contributed by atoms with Crippen molar-refractivity contribution in [2.24, 2.45) is 23.7 Å². The smallest absolute Gasteiger partial charge is 0.308 e. The number of esters is 1. The first-order valence-corrected chi connectivity index (χ1v) is 6.99. The quantitative estimate of drug-likeness (QED) is 0.390. The van der Waals surface area contributed by atoms with Crippen LogP contribution in [0.3, 0.4) is 0 Å². The Kier molecular flexibility index (Phi) is 3.37. The van der Waals surface area contributed by atoms with Crippen molar-refractivity contribution in [2.45, 2.75) is 19.4 Å². The van der Waals surface area contributed by atoms with Gasteiger partial charge < -0.3 is 14.6 Å². The summed E-state index contributed by atoms with van der Waals surface area (Å²) >= 11 is 0. The van der Waals surface area contributed by atoms with Gasteiger partial charge in [0.2, 0.25) is 0 Å². The number of rotatable bonds is 4. The number of hydrogen-bond acceptors (Lipinski definition) is 5. The molecule has 2 aliphatic rings. The second kappa shape index (κ2) is 5.07. The lowest BCUT2D eigenvalue weighted by molar-refractivity contribution is -0.131. The zero-order valence-electron chi connectivity index (χ0n) is 11.6. The molecule has 0 bridgehead atoms. The number of ether oxygens (including phenoxy) is 1. The molecule has 5 unspecified atom stereocenters. The third kappa shape index (κ3) is 2.38. The summed E-state index contributed by atoms with van der Waals surface area (Å²) in [6.07, 6.45) is 0.700. The minimum atomic E-state index is -0.693. The molecular formula is C16H16O5. The number of aliphatic hydroxyl groups excluding tert-OH is 1. The van der Waals surface area contributed by atoms with E-state index in [1.165, 1.54) is 13.0 Å². The van der Waals surface area contributed by atoms with Gasteiger partial charge in [0.15, 0.2) is 5.78 Å². The van der Waals surface area contributed by atoms with Crippen molar-refractivity contribution < 1.29 is 24.2 Å². The van der Waals surface area contributed by atoms with Gasteiger partial charge >= 0.3 is 5.97 Å². The fraction of sp³-hybridized carbons (Fsp3) is 0.438. The van der Waals surface area contributed by atoms with Crippen molar-refractivity contribution in [1.82, 2.24) is 0 Å². The van der Waals surface area contributed by atoms with Gasteiger partial charge in [0.05, 0.1) is 12.0 Å². The van der Waals surface area contributed by atoms with Gasteiger partial charge in [-0.1, -0.05) is 12.1 Å². The van der Waals surface area contributed by atoms with Gasteiger partial charge in [0.25, 0.3) is 0 Å². The molecule has 0 aliphatic heterocycles. The number of carbonyl (C=O) groups is 3. The van der Waals surface area contributed by atoms with Gasteiger partial charge in [-0.3, -0.25) is 9.59 Å². The lowest BCUT2D eigenvalue weighted by Crippen LogP contribution is -2.28. The molecular weight excluding hydrogens is 272 g/mol. The molecule has 3 rings (SSSR count). The highest BCUT2D eigenvalue weighted by atomic mass is 16.5. The summed E-state index contributed by atoms with van der Waals surface area (Å²) in [7, 11) is 0. The van der Waals surface area contributed by atoms with Crippen LogP contribution in [-0.4, -0.2) is 29.2 Å². The van der Waals surface area contributed by atoms with E-state index in [-0.39, 0.29) is 23.5 Å². The minimum Gasteiger partial charge on any atom is -0.427 e. The second-order valence-corrected chi connectivity index (χ2v) is 5.77. The molecule has 0 radical (unpaired) electrons. The first-order chi connectivity index (χ1) is 10.0. The first kappa shape index (κ1) is 13.9. The molecule has 5 nitrogen and oxygen atoms in total. The Balaban J connectivity index is 1.82. The zero-order chi connectivity index (χ0) is 15.1. The Morgan fingerprint density at radius 1 is 1.38 bits per heavy atom. The van der Waals surface area contributed by atoms with Crippen LogP contribution >= 0.6 is 0 Å². The third-order valence-electron chi connectivity index (χ3n) is 4.48. The van der Waals surface area contributed by atoms with Crippen LogP contribution in [0, 0.1) is 23.7 Å². The van der Waals surface area contributed by atoms with Crippen molar-refractivity contribution in [2.75, 3.05) is 0 Å². The number of Topliss-reactive ketones (excluding diaryl/α,β-unsaturated/α-hetero) is 1. The number of fused-ring (bicyclic) bond motifs is 1. The zero-order valence-corrected chi connectivity index (χ0v) is 11.6. The van der Waals surface area contributed by atoms with Crippen LogP contribution in [0.2, 0.25) is 0 Å². The van der Waals surface area contributed by atoms with Gasteiger partial charge in [-0.15, -0.1) is 0 Å². The maximum atomic E-state index is 12.6. The van der Waals surface area contributed by atoms with Crippen LogP contribution in [0.25, 0.3) is 0 Å². The molecule has 0 amide bonds. The lowest BCUT2D eigenvalue weighted by atomic mass is 9.89. The van der Waals surface area contributed by atoms with Gasteiger partial charge in [-0.05, 0) is 30.4 Å². The highest BCUT2D eigenvalue weighted by Gasteiger charge is 2.63. The van der Waals surface area contributed by atoms with E-state index in [0.29, 0.717) is 17.7 Å². The molecule has 0 saturated heterocycles. The van der Waals surface area contributed by atoms with Crippen molar-refractivity contribution in [1.29, 1.82) is 0 Å². The van der Waals surface area contributed by atoms with Gasteiger partial charge in [0.1, 0.15) is 12.0 Å². The maximum Gasteiger partial charge on any atom is 0.308 e. The SMILES string of the molecule is CC(=O)Oc1cccc(C(=O)C2C(O)CC3C(C=O)C32)c1. The molecule has 2 fully saturated rings. The highest BCUT2D eigenvalue weighted by molar-refractivity contribution is 5.99. The molecule has 110 valence electrons. The lowest BCUT2D eigenvalue weighted by Gasteiger charge is -2.17. The maximum absolute atomic E-state index is 12.6. The van der Waals surface area contributed by atoms with Crippen molar-refractivity contribution in [3.63, 3.8) is 0 Å². The summed E-state index contributed by atoms with van der Waals surface area (Å²) in [5.74, 6) is -0.862. The average Bonchev–Trinajstić information content (AvgIpc) is 2.99. The summed E-state index contributed by atoms with van der Waals surface area (Å²) in [6.45, 7) is 1.29. The first-order valence-electron chi connectivity index (χ1n) is 6.99.